The van der Waals surface area contributed by atoms with Crippen LogP contribution in [0, 0.1) is 11.6 Å². The molecule has 0 aliphatic rings. The molecule has 2 rings (SSSR count). The molecule has 0 spiro atoms. The Morgan fingerprint density at radius 2 is 1.57 bits per heavy atom. The minimum absolute atomic E-state index is 0.0202. The fourth-order valence-electron chi connectivity index (χ4n) is 2.05. The quantitative estimate of drug-likeness (QED) is 0.812. The van der Waals surface area contributed by atoms with E-state index in [0.29, 0.717) is 0 Å². The van der Waals surface area contributed by atoms with Crippen molar-refractivity contribution in [1.29, 1.82) is 0 Å². The van der Waals surface area contributed by atoms with Gasteiger partial charge in [0.2, 0.25) is 9.84 Å². The first-order chi connectivity index (χ1) is 10.8. The molecule has 124 valence electrons. The van der Waals surface area contributed by atoms with Gasteiger partial charge in [0.15, 0.2) is 0 Å². The van der Waals surface area contributed by atoms with Crippen LogP contribution in [-0.4, -0.2) is 20.7 Å². The molecule has 0 heterocycles. The maximum Gasteiger partial charge on any atom is 0.341 e. The minimum Gasteiger partial charge on any atom is -0.384 e. The van der Waals surface area contributed by atoms with E-state index in [1.807, 2.05) is 0 Å². The van der Waals surface area contributed by atoms with Crippen molar-refractivity contribution in [3.05, 3.63) is 59.7 Å². The average Bonchev–Trinajstić information content (AvgIpc) is 2.50. The van der Waals surface area contributed by atoms with Crippen molar-refractivity contribution in [1.82, 2.24) is 0 Å². The lowest BCUT2D eigenvalue weighted by atomic mass is 10.1. The van der Waals surface area contributed by atoms with Crippen molar-refractivity contribution in [3.8, 4) is 0 Å². The molecule has 2 aromatic rings. The van der Waals surface area contributed by atoms with Crippen molar-refractivity contribution in [3.63, 3.8) is 0 Å². The highest BCUT2D eigenvalue weighted by Gasteiger charge is 2.28. The van der Waals surface area contributed by atoms with Crippen LogP contribution < -0.4 is 5.32 Å². The lowest BCUT2D eigenvalue weighted by molar-refractivity contribution is 0.235. The molecule has 0 aliphatic heterocycles. The summed E-state index contributed by atoms with van der Waals surface area (Å²) in [4.78, 5) is -0.552. The summed E-state index contributed by atoms with van der Waals surface area (Å²) in [5.74, 6) is -4.99. The van der Waals surface area contributed by atoms with E-state index in [-0.39, 0.29) is 24.2 Å². The molecule has 8 heteroatoms. The lowest BCUT2D eigenvalue weighted by Gasteiger charge is -2.12. The van der Waals surface area contributed by atoms with Gasteiger partial charge < -0.3 is 5.32 Å². The largest absolute Gasteiger partial charge is 0.384 e. The van der Waals surface area contributed by atoms with E-state index >= 15 is 0 Å². The fraction of sp³-hybridized carbons (Fsp3) is 0.200. The molecule has 0 aromatic heterocycles. The van der Waals surface area contributed by atoms with Gasteiger partial charge in [0.25, 0.3) is 0 Å². The van der Waals surface area contributed by atoms with Crippen LogP contribution in [-0.2, 0) is 16.3 Å². The van der Waals surface area contributed by atoms with E-state index in [1.54, 1.807) is 0 Å². The maximum absolute atomic E-state index is 13.5. The Morgan fingerprint density at radius 3 is 2.17 bits per heavy atom. The Labute approximate surface area is 130 Å². The summed E-state index contributed by atoms with van der Waals surface area (Å²) < 4.78 is 75.5. The summed E-state index contributed by atoms with van der Waals surface area (Å²) in [6, 6.07) is 8.58. The number of hydrogen-bond acceptors (Lipinski definition) is 3. The zero-order valence-electron chi connectivity index (χ0n) is 11.8. The second-order valence-corrected chi connectivity index (χ2v) is 6.57. The van der Waals surface area contributed by atoms with Crippen LogP contribution in [0.5, 0.6) is 0 Å². The van der Waals surface area contributed by atoms with Gasteiger partial charge in [-0.15, -0.1) is 0 Å². The van der Waals surface area contributed by atoms with Gasteiger partial charge in [-0.05, 0) is 30.7 Å². The molecular formula is C15H13F4NO2S. The van der Waals surface area contributed by atoms with Crippen molar-refractivity contribution < 1.29 is 26.0 Å². The van der Waals surface area contributed by atoms with Gasteiger partial charge in [-0.25, -0.2) is 17.2 Å². The van der Waals surface area contributed by atoms with Crippen LogP contribution in [0.1, 0.15) is 5.56 Å². The van der Waals surface area contributed by atoms with Crippen molar-refractivity contribution in [2.24, 2.45) is 0 Å². The third-order valence-corrected chi connectivity index (χ3v) is 4.62. The highest BCUT2D eigenvalue weighted by atomic mass is 32.2. The Balaban J connectivity index is 2.17. The van der Waals surface area contributed by atoms with Crippen LogP contribution in [0.25, 0.3) is 0 Å². The number of anilines is 1. The molecule has 0 bridgehead atoms. The molecule has 0 unspecified atom stereocenters. The molecule has 0 saturated heterocycles. The number of alkyl halides is 2. The van der Waals surface area contributed by atoms with Crippen molar-refractivity contribution in [2.75, 3.05) is 11.9 Å². The summed E-state index contributed by atoms with van der Waals surface area (Å²) in [5.41, 5.74) is -0.196. The molecule has 0 atom stereocenters. The molecular weight excluding hydrogens is 334 g/mol. The molecule has 23 heavy (non-hydrogen) atoms. The predicted molar refractivity (Wildman–Crippen MR) is 78.2 cm³/mol. The topological polar surface area (TPSA) is 46.2 Å². The molecule has 0 saturated carbocycles. The van der Waals surface area contributed by atoms with Crippen LogP contribution in [0.3, 0.4) is 0 Å². The second kappa shape index (κ2) is 6.99. The highest BCUT2D eigenvalue weighted by molar-refractivity contribution is 7.91. The summed E-state index contributed by atoms with van der Waals surface area (Å²) in [6.45, 7) is -0.0202. The molecule has 0 fully saturated rings. The van der Waals surface area contributed by atoms with Gasteiger partial charge in [0, 0.05) is 12.1 Å². The first-order valence-corrected chi connectivity index (χ1v) is 8.16. The highest BCUT2D eigenvalue weighted by Crippen LogP contribution is 2.26. The number of hydrogen-bond donors (Lipinski definition) is 1. The maximum atomic E-state index is 13.5. The number of benzene rings is 2. The van der Waals surface area contributed by atoms with Gasteiger partial charge in [-0.1, -0.05) is 18.2 Å². The van der Waals surface area contributed by atoms with Gasteiger partial charge in [-0.2, -0.15) is 8.78 Å². The number of sulfone groups is 1. The molecule has 3 nitrogen and oxygen atoms in total. The van der Waals surface area contributed by atoms with Crippen LogP contribution >= 0.6 is 0 Å². The predicted octanol–water partition coefficient (Wildman–Crippen LogP) is 3.62. The Kier molecular flexibility index (Phi) is 5.25. The first kappa shape index (κ1) is 17.3. The van der Waals surface area contributed by atoms with Crippen LogP contribution in [0.15, 0.2) is 47.4 Å². The van der Waals surface area contributed by atoms with E-state index in [0.717, 1.165) is 18.2 Å². The van der Waals surface area contributed by atoms with Gasteiger partial charge in [0.1, 0.15) is 11.6 Å². The number of rotatable bonds is 6. The minimum atomic E-state index is -4.76. The standard InChI is InChI=1S/C15H13F4NO2S/c16-11-4-3-5-12(17)10(11)8-9-20-13-6-1-2-7-14(13)23(21,22)15(18)19/h1-7,15,20H,8-9H2. The summed E-state index contributed by atoms with van der Waals surface area (Å²) in [5, 5.41) is 2.63. The molecule has 0 amide bonds. The number of halogens is 4. The summed E-state index contributed by atoms with van der Waals surface area (Å²) in [7, 11) is -4.76. The van der Waals surface area contributed by atoms with Crippen molar-refractivity contribution >= 4 is 15.5 Å². The second-order valence-electron chi connectivity index (χ2n) is 4.68. The van der Waals surface area contributed by atoms with Gasteiger partial charge >= 0.3 is 5.76 Å². The summed E-state index contributed by atoms with van der Waals surface area (Å²) >= 11 is 0. The third kappa shape index (κ3) is 3.82. The monoisotopic (exact) mass is 347 g/mol. The molecule has 1 N–H and O–H groups in total. The van der Waals surface area contributed by atoms with Gasteiger partial charge in [-0.3, -0.25) is 0 Å². The number of nitrogens with one attached hydrogen (secondary N) is 1. The van der Waals surface area contributed by atoms with E-state index in [4.69, 9.17) is 0 Å². The van der Waals surface area contributed by atoms with E-state index < -0.39 is 32.1 Å². The van der Waals surface area contributed by atoms with Crippen LogP contribution in [0.4, 0.5) is 23.2 Å². The Hall–Kier alpha value is -2.09. The Morgan fingerprint density at radius 1 is 0.957 bits per heavy atom. The third-order valence-electron chi connectivity index (χ3n) is 3.18. The van der Waals surface area contributed by atoms with Gasteiger partial charge in [0.05, 0.1) is 10.6 Å². The lowest BCUT2D eigenvalue weighted by Crippen LogP contribution is -2.15. The summed E-state index contributed by atoms with van der Waals surface area (Å²) in [6.07, 6.45) is -0.0679. The Bertz CT molecular complexity index is 774. The van der Waals surface area contributed by atoms with Crippen LogP contribution in [0.2, 0.25) is 0 Å². The fourth-order valence-corrected chi connectivity index (χ4v) is 2.96. The zero-order chi connectivity index (χ0) is 17.0. The molecule has 0 radical (unpaired) electrons. The zero-order valence-corrected chi connectivity index (χ0v) is 12.6. The molecule has 0 aliphatic carbocycles. The smallest absolute Gasteiger partial charge is 0.341 e. The normalized spacial score (nSPS) is 11.7. The SMILES string of the molecule is O=S(=O)(c1ccccc1NCCc1c(F)cccc1F)C(F)F. The first-order valence-electron chi connectivity index (χ1n) is 6.62. The van der Waals surface area contributed by atoms with Crippen molar-refractivity contribution in [2.45, 2.75) is 17.1 Å². The van der Waals surface area contributed by atoms with E-state index in [9.17, 15) is 26.0 Å². The van der Waals surface area contributed by atoms with E-state index in [2.05, 4.69) is 5.32 Å². The molecule has 2 aromatic carbocycles. The van der Waals surface area contributed by atoms with E-state index in [1.165, 1.54) is 24.3 Å². The average molecular weight is 347 g/mol. The number of para-hydroxylation sites is 1.